The molecule has 0 saturated carbocycles. The minimum absolute atomic E-state index is 0.0557. The lowest BCUT2D eigenvalue weighted by Gasteiger charge is -2.19. The average Bonchev–Trinajstić information content (AvgIpc) is 3.19. The Morgan fingerprint density at radius 2 is 1.83 bits per heavy atom. The Labute approximate surface area is 200 Å². The molecule has 5 aromatic rings. The normalized spacial score (nSPS) is 12.2. The van der Waals surface area contributed by atoms with Gasteiger partial charge in [0, 0.05) is 35.3 Å². The van der Waals surface area contributed by atoms with E-state index in [9.17, 15) is 14.7 Å². The Bertz CT molecular complexity index is 1680. The molecular formula is C27H24N4O4. The number of nitrogens with zero attached hydrogens (tertiary/aromatic N) is 3. The number of aromatic carboxylic acids is 1. The fourth-order valence-electron chi connectivity index (χ4n) is 4.31. The third-order valence-corrected chi connectivity index (χ3v) is 5.93. The molecule has 1 unspecified atom stereocenters. The van der Waals surface area contributed by atoms with E-state index in [4.69, 9.17) is 4.42 Å². The van der Waals surface area contributed by atoms with Crippen LogP contribution in [0.4, 0.5) is 5.69 Å². The number of carbonyl (C=O) groups is 1. The molecule has 0 saturated heterocycles. The monoisotopic (exact) mass is 468 g/mol. The summed E-state index contributed by atoms with van der Waals surface area (Å²) in [6.45, 7) is 7.47. The molecule has 4 heterocycles. The molecule has 0 fully saturated rings. The first kappa shape index (κ1) is 22.3. The van der Waals surface area contributed by atoms with Gasteiger partial charge in [-0.15, -0.1) is 0 Å². The van der Waals surface area contributed by atoms with Crippen LogP contribution in [-0.2, 0) is 0 Å². The van der Waals surface area contributed by atoms with Crippen LogP contribution < -0.4 is 10.7 Å². The number of carboxylic acids is 1. The summed E-state index contributed by atoms with van der Waals surface area (Å²) in [5.41, 5.74) is 5.35. The van der Waals surface area contributed by atoms with Crippen molar-refractivity contribution in [3.8, 4) is 11.3 Å². The molecule has 0 radical (unpaired) electrons. The molecule has 0 aliphatic carbocycles. The number of aryl methyl sites for hydroxylation is 3. The van der Waals surface area contributed by atoms with Crippen LogP contribution in [-0.4, -0.2) is 25.4 Å². The van der Waals surface area contributed by atoms with E-state index in [1.54, 1.807) is 25.1 Å². The summed E-state index contributed by atoms with van der Waals surface area (Å²) in [7, 11) is 0. The van der Waals surface area contributed by atoms with Crippen molar-refractivity contribution in [3.63, 3.8) is 0 Å². The average molecular weight is 469 g/mol. The Balaban J connectivity index is 1.63. The fraction of sp³-hybridized carbons (Fsp3) is 0.185. The van der Waals surface area contributed by atoms with E-state index in [-0.39, 0.29) is 17.2 Å². The molecule has 0 bridgehead atoms. The highest BCUT2D eigenvalue weighted by atomic mass is 16.4. The smallest absolute Gasteiger partial charge is 0.356 e. The molecule has 4 aromatic heterocycles. The summed E-state index contributed by atoms with van der Waals surface area (Å²) in [6.07, 6.45) is 3.79. The van der Waals surface area contributed by atoms with Crippen molar-refractivity contribution in [1.82, 2.24) is 14.4 Å². The van der Waals surface area contributed by atoms with Crippen LogP contribution in [0, 0.1) is 20.8 Å². The van der Waals surface area contributed by atoms with Crippen LogP contribution in [0.2, 0.25) is 0 Å². The van der Waals surface area contributed by atoms with Gasteiger partial charge in [0.25, 0.3) is 0 Å². The first-order valence-electron chi connectivity index (χ1n) is 11.2. The first-order valence-corrected chi connectivity index (χ1v) is 11.2. The summed E-state index contributed by atoms with van der Waals surface area (Å²) in [5.74, 6) is -0.673. The van der Waals surface area contributed by atoms with Gasteiger partial charge >= 0.3 is 5.97 Å². The van der Waals surface area contributed by atoms with Crippen molar-refractivity contribution >= 4 is 28.3 Å². The molecule has 176 valence electrons. The van der Waals surface area contributed by atoms with Crippen LogP contribution in [0.15, 0.2) is 64.1 Å². The van der Waals surface area contributed by atoms with Crippen molar-refractivity contribution < 1.29 is 14.3 Å². The maximum atomic E-state index is 13.1. The molecule has 35 heavy (non-hydrogen) atoms. The second kappa shape index (κ2) is 8.39. The van der Waals surface area contributed by atoms with E-state index in [2.05, 4.69) is 15.3 Å². The maximum Gasteiger partial charge on any atom is 0.356 e. The van der Waals surface area contributed by atoms with Crippen LogP contribution in [0.5, 0.6) is 0 Å². The second-order valence-corrected chi connectivity index (χ2v) is 8.79. The minimum atomic E-state index is -1.11. The second-order valence-electron chi connectivity index (χ2n) is 8.79. The van der Waals surface area contributed by atoms with Crippen molar-refractivity contribution in [2.45, 2.75) is 33.7 Å². The van der Waals surface area contributed by atoms with Gasteiger partial charge in [-0.3, -0.25) is 4.79 Å². The summed E-state index contributed by atoms with van der Waals surface area (Å²) < 4.78 is 8.22. The highest BCUT2D eigenvalue weighted by Gasteiger charge is 2.19. The van der Waals surface area contributed by atoms with Gasteiger partial charge in [-0.25, -0.2) is 14.8 Å². The molecule has 1 atom stereocenters. The first-order chi connectivity index (χ1) is 16.7. The van der Waals surface area contributed by atoms with E-state index < -0.39 is 5.97 Å². The fourth-order valence-corrected chi connectivity index (χ4v) is 4.31. The Hall–Kier alpha value is -4.46. The standard InChI is InChI=1S/C27H24N4O4/c1-14-9-19(17(4)30-21-7-5-15(2)29-25(21)27(33)34)26-20(10-14)22(32)11-23(35-26)18-6-8-24-28-16(3)12-31(24)13-18/h5-13,17,30H,1-4H3,(H,33,34). The number of aromatic nitrogens is 3. The van der Waals surface area contributed by atoms with E-state index in [1.165, 1.54) is 6.07 Å². The Morgan fingerprint density at radius 1 is 1.03 bits per heavy atom. The number of hydrogen-bond acceptors (Lipinski definition) is 6. The highest BCUT2D eigenvalue weighted by Crippen LogP contribution is 2.31. The Kier molecular flexibility index (Phi) is 5.36. The molecule has 0 aliphatic rings. The number of pyridine rings is 2. The zero-order valence-corrected chi connectivity index (χ0v) is 19.8. The van der Waals surface area contributed by atoms with Crippen LogP contribution in [0.3, 0.4) is 0 Å². The summed E-state index contributed by atoms with van der Waals surface area (Å²) in [5, 5.41) is 13.3. The molecule has 2 N–H and O–H groups in total. The van der Waals surface area contributed by atoms with Gasteiger partial charge in [-0.05, 0) is 63.6 Å². The van der Waals surface area contributed by atoms with Gasteiger partial charge in [-0.1, -0.05) is 6.07 Å². The molecule has 0 spiro atoms. The summed E-state index contributed by atoms with van der Waals surface area (Å²) in [6, 6.07) is 12.1. The molecular weight excluding hydrogens is 444 g/mol. The number of carboxylic acid groups (broad SMARTS) is 1. The Morgan fingerprint density at radius 3 is 2.60 bits per heavy atom. The molecule has 0 aliphatic heterocycles. The topological polar surface area (TPSA) is 110 Å². The van der Waals surface area contributed by atoms with E-state index in [0.29, 0.717) is 28.1 Å². The molecule has 0 amide bonds. The van der Waals surface area contributed by atoms with Crippen LogP contribution in [0.1, 0.15) is 46.0 Å². The predicted molar refractivity (Wildman–Crippen MR) is 134 cm³/mol. The number of nitrogens with one attached hydrogen (secondary N) is 1. The quantitative estimate of drug-likeness (QED) is 0.360. The van der Waals surface area contributed by atoms with Crippen molar-refractivity contribution in [1.29, 1.82) is 0 Å². The number of benzene rings is 1. The third-order valence-electron chi connectivity index (χ3n) is 5.93. The van der Waals surface area contributed by atoms with Crippen LogP contribution >= 0.6 is 0 Å². The van der Waals surface area contributed by atoms with Crippen molar-refractivity contribution in [3.05, 3.63) is 93.3 Å². The molecule has 1 aromatic carbocycles. The predicted octanol–water partition coefficient (Wildman–Crippen LogP) is 5.30. The minimum Gasteiger partial charge on any atom is -0.476 e. The number of rotatable bonds is 5. The lowest BCUT2D eigenvalue weighted by atomic mass is 10.0. The van der Waals surface area contributed by atoms with Gasteiger partial charge < -0.3 is 19.2 Å². The number of fused-ring (bicyclic) bond motifs is 2. The van der Waals surface area contributed by atoms with E-state index >= 15 is 0 Å². The summed E-state index contributed by atoms with van der Waals surface area (Å²) >= 11 is 0. The highest BCUT2D eigenvalue weighted by molar-refractivity contribution is 5.92. The number of hydrogen-bond donors (Lipinski definition) is 2. The third kappa shape index (κ3) is 4.14. The maximum absolute atomic E-state index is 13.1. The van der Waals surface area contributed by atoms with E-state index in [1.807, 2.05) is 55.8 Å². The SMILES string of the molecule is Cc1cc(C(C)Nc2ccc(C)nc2C(=O)O)c2oc(-c3ccc4nc(C)cn4c3)cc(=O)c2c1. The van der Waals surface area contributed by atoms with Gasteiger partial charge in [0.2, 0.25) is 0 Å². The van der Waals surface area contributed by atoms with Crippen molar-refractivity contribution in [2.75, 3.05) is 5.32 Å². The lowest BCUT2D eigenvalue weighted by molar-refractivity contribution is 0.0691. The van der Waals surface area contributed by atoms with Gasteiger partial charge in [0.05, 0.1) is 22.8 Å². The zero-order valence-electron chi connectivity index (χ0n) is 19.8. The van der Waals surface area contributed by atoms with Crippen molar-refractivity contribution in [2.24, 2.45) is 0 Å². The lowest BCUT2D eigenvalue weighted by Crippen LogP contribution is -2.14. The zero-order chi connectivity index (χ0) is 24.9. The summed E-state index contributed by atoms with van der Waals surface area (Å²) in [4.78, 5) is 33.4. The van der Waals surface area contributed by atoms with Gasteiger partial charge in [0.1, 0.15) is 17.0 Å². The largest absolute Gasteiger partial charge is 0.476 e. The molecule has 8 nitrogen and oxygen atoms in total. The van der Waals surface area contributed by atoms with Gasteiger partial charge in [-0.2, -0.15) is 0 Å². The van der Waals surface area contributed by atoms with Crippen LogP contribution in [0.25, 0.3) is 27.9 Å². The molecule has 5 rings (SSSR count). The number of imidazole rings is 1. The van der Waals surface area contributed by atoms with E-state index in [0.717, 1.165) is 28.0 Å². The van der Waals surface area contributed by atoms with Gasteiger partial charge in [0.15, 0.2) is 11.1 Å². The molecule has 8 heteroatoms. The number of anilines is 1.